The molecule has 246 valence electrons. The maximum Gasteiger partial charge on any atom is 0.267 e. The molecule has 0 aliphatic heterocycles. The van der Waals surface area contributed by atoms with Crippen molar-refractivity contribution in [2.75, 3.05) is 0 Å². The number of rotatable bonds is 5. The van der Waals surface area contributed by atoms with Crippen LogP contribution in [0.1, 0.15) is 63.9 Å². The summed E-state index contributed by atoms with van der Waals surface area (Å²) in [6.07, 6.45) is 7.66. The van der Waals surface area contributed by atoms with Crippen molar-refractivity contribution in [1.29, 1.82) is 0 Å². The molecule has 0 N–H and O–H groups in total. The van der Waals surface area contributed by atoms with Crippen LogP contribution in [-0.2, 0) is 31.9 Å². The van der Waals surface area contributed by atoms with E-state index in [0.717, 1.165) is 44.7 Å². The predicted molar refractivity (Wildman–Crippen MR) is 189 cm³/mol. The van der Waals surface area contributed by atoms with E-state index in [9.17, 15) is 0 Å². The van der Waals surface area contributed by atoms with Gasteiger partial charge in [0.2, 0.25) is 0 Å². The summed E-state index contributed by atoms with van der Waals surface area (Å²) in [6, 6.07) is 36.4. The smallest absolute Gasteiger partial charge is 0.267 e. The topological polar surface area (TPSA) is 35.9 Å². The van der Waals surface area contributed by atoms with Crippen LogP contribution in [-0.4, -0.2) is 14.1 Å². The molecule has 0 fully saturated rings. The Morgan fingerprint density at radius 3 is 2.29 bits per heavy atom. The second-order valence-corrected chi connectivity index (χ2v) is 14.5. The number of imidazole rings is 1. The van der Waals surface area contributed by atoms with E-state index in [1.54, 1.807) is 0 Å². The van der Waals surface area contributed by atoms with Crippen LogP contribution in [0.25, 0.3) is 39.0 Å². The summed E-state index contributed by atoms with van der Waals surface area (Å²) < 4.78 is 12.9. The molecule has 5 nitrogen and oxygen atoms in total. The zero-order valence-corrected chi connectivity index (χ0v) is 31.0. The van der Waals surface area contributed by atoms with Gasteiger partial charge >= 0.3 is 0 Å². The van der Waals surface area contributed by atoms with E-state index in [4.69, 9.17) is 9.72 Å². The van der Waals surface area contributed by atoms with Gasteiger partial charge in [-0.3, -0.25) is 4.57 Å². The third-order valence-corrected chi connectivity index (χ3v) is 8.70. The molecule has 7 rings (SSSR count). The largest absolute Gasteiger partial charge is 0.510 e. The van der Waals surface area contributed by atoms with Crippen LogP contribution in [0.15, 0.2) is 97.3 Å². The molecule has 0 aliphatic carbocycles. The molecule has 0 atom stereocenters. The van der Waals surface area contributed by atoms with E-state index >= 15 is 0 Å². The second-order valence-electron chi connectivity index (χ2n) is 14.5. The molecule has 0 spiro atoms. The second kappa shape index (κ2) is 12.5. The summed E-state index contributed by atoms with van der Waals surface area (Å²) in [5.41, 5.74) is 8.59. The van der Waals surface area contributed by atoms with Gasteiger partial charge < -0.3 is 13.9 Å². The first-order valence-corrected chi connectivity index (χ1v) is 16.1. The van der Waals surface area contributed by atoms with Gasteiger partial charge in [-0.15, -0.1) is 29.7 Å². The summed E-state index contributed by atoms with van der Waals surface area (Å²) in [6.45, 7) is 17.6. The van der Waals surface area contributed by atoms with E-state index in [1.165, 1.54) is 16.7 Å². The Bertz CT molecular complexity index is 2280. The quantitative estimate of drug-likeness (QED) is 0.128. The Balaban J connectivity index is 0.00000401. The molecule has 0 aliphatic rings. The summed E-state index contributed by atoms with van der Waals surface area (Å²) >= 11 is 0. The first-order valence-electron chi connectivity index (χ1n) is 16.1. The van der Waals surface area contributed by atoms with Gasteiger partial charge in [0.15, 0.2) is 0 Å². The van der Waals surface area contributed by atoms with Crippen molar-refractivity contribution >= 4 is 21.8 Å². The molecule has 3 heterocycles. The fraction of sp³-hybridized carbons (Fsp3) is 0.238. The zero-order chi connectivity index (χ0) is 33.1. The Morgan fingerprint density at radius 1 is 0.750 bits per heavy atom. The normalized spacial score (nSPS) is 12.0. The third kappa shape index (κ3) is 6.24. The van der Waals surface area contributed by atoms with Gasteiger partial charge in [0, 0.05) is 50.5 Å². The van der Waals surface area contributed by atoms with Gasteiger partial charge in [0.05, 0.1) is 11.4 Å². The van der Waals surface area contributed by atoms with E-state index in [1.807, 2.05) is 30.5 Å². The van der Waals surface area contributed by atoms with Gasteiger partial charge in [-0.2, -0.15) is 18.2 Å². The van der Waals surface area contributed by atoms with E-state index < -0.39 is 0 Å². The molecule has 48 heavy (non-hydrogen) atoms. The predicted octanol–water partition coefficient (Wildman–Crippen LogP) is 9.65. The minimum Gasteiger partial charge on any atom is -0.510 e. The van der Waals surface area contributed by atoms with Crippen LogP contribution in [0, 0.1) is 32.3 Å². The zero-order valence-electron chi connectivity index (χ0n) is 28.8. The summed E-state index contributed by atoms with van der Waals surface area (Å²) in [5.74, 6) is 2.08. The number of ether oxygens (including phenoxy) is 1. The maximum absolute atomic E-state index is 6.49. The van der Waals surface area contributed by atoms with Gasteiger partial charge in [-0.05, 0) is 71.1 Å². The third-order valence-electron chi connectivity index (χ3n) is 8.70. The van der Waals surface area contributed by atoms with Crippen molar-refractivity contribution in [1.82, 2.24) is 14.1 Å². The van der Waals surface area contributed by atoms with Gasteiger partial charge in [-0.25, -0.2) is 4.98 Å². The van der Waals surface area contributed by atoms with Crippen LogP contribution in [0.5, 0.6) is 11.5 Å². The molecule has 0 amide bonds. The number of aromatic nitrogens is 4. The molecule has 6 heteroatoms. The number of nitrogens with zero attached hydrogens (tertiary/aromatic N) is 4. The van der Waals surface area contributed by atoms with E-state index in [-0.39, 0.29) is 31.9 Å². The van der Waals surface area contributed by atoms with Gasteiger partial charge in [-0.1, -0.05) is 83.0 Å². The van der Waals surface area contributed by atoms with Crippen LogP contribution < -0.4 is 9.30 Å². The van der Waals surface area contributed by atoms with Crippen LogP contribution in [0.2, 0.25) is 0 Å². The van der Waals surface area contributed by atoms with E-state index in [0.29, 0.717) is 11.5 Å². The number of fused-ring (bicyclic) bond motifs is 3. The standard InChI is InChI=1S/C42H40N4O.Pt/c1-28-16-17-29(2)37(22-28)44-26-39(42(6,7)8)45(27-44)31-12-11-13-32(24-31)47-33-18-19-35-34-14-9-10-15-36(34)46(38(35)25-33)40-23-30(20-21-43-40)41(3,4)5;/h9-23,26H,1-8H3;/q-2;. The Morgan fingerprint density at radius 2 is 1.52 bits per heavy atom. The summed E-state index contributed by atoms with van der Waals surface area (Å²) in [4.78, 5) is 4.80. The number of aryl methyl sites for hydroxylation is 2. The minimum absolute atomic E-state index is 0. The van der Waals surface area contributed by atoms with Crippen molar-refractivity contribution < 1.29 is 30.4 Å². The average Bonchev–Trinajstić information content (AvgIpc) is 3.62. The van der Waals surface area contributed by atoms with Crippen molar-refractivity contribution in [3.63, 3.8) is 0 Å². The van der Waals surface area contributed by atoms with Gasteiger partial charge in [0.1, 0.15) is 5.82 Å². The maximum atomic E-state index is 6.49. The van der Waals surface area contributed by atoms with Crippen LogP contribution >= 0.6 is 0 Å². The molecule has 0 unspecified atom stereocenters. The molecule has 0 saturated heterocycles. The fourth-order valence-corrected chi connectivity index (χ4v) is 6.11. The molecular formula is C42H40N4OPt-2. The van der Waals surface area contributed by atoms with Crippen molar-refractivity contribution in [3.8, 4) is 28.7 Å². The van der Waals surface area contributed by atoms with Crippen LogP contribution in [0.4, 0.5) is 0 Å². The molecule has 0 saturated carbocycles. The number of para-hydroxylation sites is 1. The Hall–Kier alpha value is -4.47. The molecule has 0 radical (unpaired) electrons. The number of hydrogen-bond donors (Lipinski definition) is 0. The van der Waals surface area contributed by atoms with E-state index in [2.05, 4.69) is 154 Å². The molecule has 3 aromatic heterocycles. The molecule has 7 aromatic rings. The SMILES string of the molecule is Cc1ccc(C)c(-[n+]2[c-]n(-c3[c-]c(Oc4[c-]c5c(cc4)c4ccccc4n5-c4cc(C(C)(C)C)ccn4)ccc3)c(C(C)(C)C)c2)c1.[Pt]. The Labute approximate surface area is 298 Å². The minimum atomic E-state index is -0.130. The summed E-state index contributed by atoms with van der Waals surface area (Å²) in [7, 11) is 0. The monoisotopic (exact) mass is 811 g/mol. The van der Waals surface area contributed by atoms with Gasteiger partial charge in [0.25, 0.3) is 6.33 Å². The summed E-state index contributed by atoms with van der Waals surface area (Å²) in [5, 5.41) is 2.25. The first kappa shape index (κ1) is 33.4. The van der Waals surface area contributed by atoms with Crippen molar-refractivity contribution in [3.05, 3.63) is 138 Å². The Kier molecular flexibility index (Phi) is 8.72. The van der Waals surface area contributed by atoms with Crippen molar-refractivity contribution in [2.45, 2.75) is 66.2 Å². The number of hydrogen-bond acceptors (Lipinski definition) is 2. The number of pyridine rings is 1. The molecular weight excluding hydrogens is 772 g/mol. The molecule has 4 aromatic carbocycles. The van der Waals surface area contributed by atoms with Crippen molar-refractivity contribution in [2.24, 2.45) is 0 Å². The number of benzene rings is 4. The average molecular weight is 812 g/mol. The fourth-order valence-electron chi connectivity index (χ4n) is 6.11. The molecule has 0 bridgehead atoms. The first-order chi connectivity index (χ1) is 22.4. The van der Waals surface area contributed by atoms with Crippen LogP contribution in [0.3, 0.4) is 0 Å².